The molecule has 0 amide bonds. The van der Waals surface area contributed by atoms with Crippen molar-refractivity contribution < 1.29 is 5.11 Å². The maximum Gasteiger partial charge on any atom is 0.112 e. The van der Waals surface area contributed by atoms with Crippen LogP contribution in [0, 0.1) is 13.8 Å². The smallest absolute Gasteiger partial charge is 0.112 e. The molecule has 18 heavy (non-hydrogen) atoms. The second-order valence-corrected chi connectivity index (χ2v) is 4.75. The zero-order valence-corrected chi connectivity index (χ0v) is 11.2. The number of aryl methyl sites for hydroxylation is 2. The highest BCUT2D eigenvalue weighted by Crippen LogP contribution is 2.25. The molecule has 0 aliphatic carbocycles. The number of aromatic amines is 1. The van der Waals surface area contributed by atoms with Gasteiger partial charge in [-0.15, -0.1) is 0 Å². The summed E-state index contributed by atoms with van der Waals surface area (Å²) in [7, 11) is 0. The quantitative estimate of drug-likeness (QED) is 0.867. The summed E-state index contributed by atoms with van der Waals surface area (Å²) in [5.74, 6) is 0.982. The number of aliphatic hydroxyl groups excluding tert-OH is 1. The Kier molecular flexibility index (Phi) is 3.82. The lowest BCUT2D eigenvalue weighted by Gasteiger charge is -2.06. The Morgan fingerprint density at radius 3 is 2.44 bits per heavy atom. The molecule has 0 spiro atoms. The molecule has 96 valence electrons. The maximum atomic E-state index is 9.33. The molecule has 0 aliphatic rings. The highest BCUT2D eigenvalue weighted by molar-refractivity contribution is 5.62. The third-order valence-corrected chi connectivity index (χ3v) is 3.33. The summed E-state index contributed by atoms with van der Waals surface area (Å²) in [6.07, 6.45) is 0.886. The van der Waals surface area contributed by atoms with E-state index in [4.69, 9.17) is 0 Å². The van der Waals surface area contributed by atoms with Gasteiger partial charge < -0.3 is 10.1 Å². The number of aromatic nitrogens is 2. The van der Waals surface area contributed by atoms with E-state index < -0.39 is 0 Å². The maximum absolute atomic E-state index is 9.33. The van der Waals surface area contributed by atoms with Crippen LogP contribution in [0.25, 0.3) is 11.3 Å². The van der Waals surface area contributed by atoms with Crippen molar-refractivity contribution in [2.45, 2.75) is 33.1 Å². The Hall–Kier alpha value is -1.61. The largest absolute Gasteiger partial charge is 0.396 e. The average molecular weight is 244 g/mol. The number of H-pyrrole nitrogens is 1. The number of nitrogens with zero attached hydrogens (tertiary/aromatic N) is 1. The normalized spacial score (nSPS) is 12.7. The second-order valence-electron chi connectivity index (χ2n) is 4.75. The summed E-state index contributed by atoms with van der Waals surface area (Å²) >= 11 is 0. The molecule has 1 heterocycles. The van der Waals surface area contributed by atoms with Crippen LogP contribution in [-0.4, -0.2) is 21.7 Å². The third kappa shape index (κ3) is 2.46. The summed E-state index contributed by atoms with van der Waals surface area (Å²) < 4.78 is 0. The van der Waals surface area contributed by atoms with E-state index in [-0.39, 0.29) is 12.5 Å². The molecule has 2 N–H and O–H groups in total. The second kappa shape index (κ2) is 5.36. The molecule has 1 atom stereocenters. The fourth-order valence-corrected chi connectivity index (χ4v) is 2.08. The van der Waals surface area contributed by atoms with Gasteiger partial charge in [-0.2, -0.15) is 0 Å². The van der Waals surface area contributed by atoms with E-state index in [0.717, 1.165) is 29.2 Å². The highest BCUT2D eigenvalue weighted by Gasteiger charge is 2.15. The lowest BCUT2D eigenvalue weighted by Crippen LogP contribution is -2.04. The summed E-state index contributed by atoms with van der Waals surface area (Å²) in [4.78, 5) is 7.92. The summed E-state index contributed by atoms with van der Waals surface area (Å²) in [5, 5.41) is 9.33. The van der Waals surface area contributed by atoms with Crippen LogP contribution >= 0.6 is 0 Å². The van der Waals surface area contributed by atoms with Crippen molar-refractivity contribution >= 4 is 0 Å². The molecule has 1 unspecified atom stereocenters. The summed E-state index contributed by atoms with van der Waals surface area (Å²) in [5.41, 5.74) is 4.40. The van der Waals surface area contributed by atoms with Gasteiger partial charge in [0.15, 0.2) is 0 Å². The molecule has 3 nitrogen and oxygen atoms in total. The monoisotopic (exact) mass is 244 g/mol. The minimum Gasteiger partial charge on any atom is -0.396 e. The van der Waals surface area contributed by atoms with Gasteiger partial charge in [0.2, 0.25) is 0 Å². The van der Waals surface area contributed by atoms with Gasteiger partial charge >= 0.3 is 0 Å². The molecule has 0 fully saturated rings. The van der Waals surface area contributed by atoms with E-state index in [0.29, 0.717) is 0 Å². The van der Waals surface area contributed by atoms with Gasteiger partial charge in [-0.05, 0) is 20.3 Å². The van der Waals surface area contributed by atoms with Crippen LogP contribution in [0.4, 0.5) is 0 Å². The van der Waals surface area contributed by atoms with E-state index >= 15 is 0 Å². The van der Waals surface area contributed by atoms with Crippen molar-refractivity contribution in [3.05, 3.63) is 41.3 Å². The Balaban J connectivity index is 2.37. The standard InChI is InChI=1S/C15H20N2O/c1-4-12(9-18)15-16-11(3)14(17-15)13-7-5-10(2)6-8-13/h5-8,12,18H,4,9H2,1-3H3,(H,16,17). The molecule has 3 heteroatoms. The fraction of sp³-hybridized carbons (Fsp3) is 0.400. The fourth-order valence-electron chi connectivity index (χ4n) is 2.08. The third-order valence-electron chi connectivity index (χ3n) is 3.33. The zero-order chi connectivity index (χ0) is 13.1. The first kappa shape index (κ1) is 12.8. The molecule has 1 aromatic carbocycles. The first-order valence-corrected chi connectivity index (χ1v) is 6.40. The van der Waals surface area contributed by atoms with Crippen molar-refractivity contribution in [3.63, 3.8) is 0 Å². The minimum absolute atomic E-state index is 0.0999. The molecular formula is C15H20N2O. The van der Waals surface area contributed by atoms with Crippen molar-refractivity contribution in [1.29, 1.82) is 0 Å². The van der Waals surface area contributed by atoms with E-state index in [9.17, 15) is 5.11 Å². The number of aliphatic hydroxyl groups is 1. The van der Waals surface area contributed by atoms with Crippen molar-refractivity contribution in [3.8, 4) is 11.3 Å². The van der Waals surface area contributed by atoms with Gasteiger partial charge in [-0.3, -0.25) is 0 Å². The first-order valence-electron chi connectivity index (χ1n) is 6.40. The lowest BCUT2D eigenvalue weighted by atomic mass is 10.1. The first-order chi connectivity index (χ1) is 8.65. The Labute approximate surface area is 108 Å². The molecule has 0 aliphatic heterocycles. The number of benzene rings is 1. The van der Waals surface area contributed by atoms with Crippen molar-refractivity contribution in [2.24, 2.45) is 0 Å². The van der Waals surface area contributed by atoms with Crippen LogP contribution in [0.5, 0.6) is 0 Å². The molecular weight excluding hydrogens is 224 g/mol. The summed E-state index contributed by atoms with van der Waals surface area (Å²) in [6.45, 7) is 6.29. The number of imidazole rings is 1. The minimum atomic E-state index is 0.0999. The zero-order valence-electron chi connectivity index (χ0n) is 11.2. The topological polar surface area (TPSA) is 48.9 Å². The van der Waals surface area contributed by atoms with E-state index in [1.807, 2.05) is 6.92 Å². The Morgan fingerprint density at radius 2 is 1.89 bits per heavy atom. The average Bonchev–Trinajstić information content (AvgIpc) is 2.74. The summed E-state index contributed by atoms with van der Waals surface area (Å²) in [6, 6.07) is 8.35. The van der Waals surface area contributed by atoms with Gasteiger partial charge in [-0.1, -0.05) is 36.8 Å². The van der Waals surface area contributed by atoms with Crippen LogP contribution in [0.3, 0.4) is 0 Å². The van der Waals surface area contributed by atoms with Gasteiger partial charge in [0.05, 0.1) is 12.3 Å². The molecule has 2 rings (SSSR count). The van der Waals surface area contributed by atoms with Crippen LogP contribution in [0.1, 0.15) is 36.3 Å². The SMILES string of the molecule is CCC(CO)c1nc(-c2ccc(C)cc2)c(C)[nH]1. The van der Waals surface area contributed by atoms with Crippen molar-refractivity contribution in [1.82, 2.24) is 9.97 Å². The van der Waals surface area contributed by atoms with E-state index in [1.165, 1.54) is 5.56 Å². The lowest BCUT2D eigenvalue weighted by molar-refractivity contribution is 0.258. The van der Waals surface area contributed by atoms with Crippen LogP contribution in [0.2, 0.25) is 0 Å². The number of nitrogens with one attached hydrogen (secondary N) is 1. The van der Waals surface area contributed by atoms with Gasteiger partial charge in [0, 0.05) is 17.2 Å². The number of hydrogen-bond acceptors (Lipinski definition) is 2. The van der Waals surface area contributed by atoms with Gasteiger partial charge in [-0.25, -0.2) is 4.98 Å². The van der Waals surface area contributed by atoms with Gasteiger partial charge in [0.1, 0.15) is 5.82 Å². The molecule has 2 aromatic rings. The van der Waals surface area contributed by atoms with Crippen molar-refractivity contribution in [2.75, 3.05) is 6.61 Å². The molecule has 1 aromatic heterocycles. The molecule has 0 bridgehead atoms. The van der Waals surface area contributed by atoms with Crippen LogP contribution in [0.15, 0.2) is 24.3 Å². The molecule has 0 radical (unpaired) electrons. The molecule has 0 saturated heterocycles. The predicted octanol–water partition coefficient (Wildman–Crippen LogP) is 3.18. The predicted molar refractivity (Wildman–Crippen MR) is 73.6 cm³/mol. The Bertz CT molecular complexity index is 510. The Morgan fingerprint density at radius 1 is 1.22 bits per heavy atom. The van der Waals surface area contributed by atoms with E-state index in [1.54, 1.807) is 0 Å². The van der Waals surface area contributed by atoms with E-state index in [2.05, 4.69) is 48.1 Å². The number of rotatable bonds is 4. The molecule has 0 saturated carbocycles. The highest BCUT2D eigenvalue weighted by atomic mass is 16.3. The van der Waals surface area contributed by atoms with Gasteiger partial charge in [0.25, 0.3) is 0 Å². The number of hydrogen-bond donors (Lipinski definition) is 2. The van der Waals surface area contributed by atoms with Crippen LogP contribution in [-0.2, 0) is 0 Å². The van der Waals surface area contributed by atoms with Crippen LogP contribution < -0.4 is 0 Å².